The zero-order valence-electron chi connectivity index (χ0n) is 6.87. The Morgan fingerprint density at radius 3 is 2.83 bits per heavy atom. The molecule has 0 saturated heterocycles. The van der Waals surface area contributed by atoms with E-state index in [4.69, 9.17) is 4.78 Å². The van der Waals surface area contributed by atoms with Gasteiger partial charge in [0, 0.05) is 4.90 Å². The molecule has 62 valence electrons. The van der Waals surface area contributed by atoms with Crippen molar-refractivity contribution in [1.82, 2.24) is 0 Å². The van der Waals surface area contributed by atoms with E-state index in [9.17, 15) is 0 Å². The molecule has 0 radical (unpaired) electrons. The van der Waals surface area contributed by atoms with Crippen LogP contribution in [0.25, 0.3) is 0 Å². The fourth-order valence-electron chi connectivity index (χ4n) is 1.25. The van der Waals surface area contributed by atoms with Gasteiger partial charge in [0.1, 0.15) is 0 Å². The Hall–Kier alpha value is -0.960. The number of benzene rings is 1. The molecule has 3 heteroatoms. The summed E-state index contributed by atoms with van der Waals surface area (Å²) >= 11 is 0. The molecule has 0 aliphatic carbocycles. The minimum atomic E-state index is -0.486. The highest BCUT2D eigenvalue weighted by Gasteiger charge is 2.16. The van der Waals surface area contributed by atoms with Crippen molar-refractivity contribution in [2.75, 3.05) is 0 Å². The van der Waals surface area contributed by atoms with Gasteiger partial charge in [-0.3, -0.25) is 4.78 Å². The zero-order chi connectivity index (χ0) is 8.55. The minimum absolute atomic E-state index is 0.486. The van der Waals surface area contributed by atoms with Gasteiger partial charge in [-0.1, -0.05) is 19.1 Å². The monoisotopic (exact) mass is 178 g/mol. The van der Waals surface area contributed by atoms with Crippen LogP contribution in [0.1, 0.15) is 13.3 Å². The van der Waals surface area contributed by atoms with Gasteiger partial charge in [0.25, 0.3) is 0 Å². The van der Waals surface area contributed by atoms with E-state index in [0.717, 1.165) is 22.0 Å². The van der Waals surface area contributed by atoms with Crippen LogP contribution in [0.15, 0.2) is 34.2 Å². The van der Waals surface area contributed by atoms with Gasteiger partial charge < -0.3 is 0 Å². The Morgan fingerprint density at radius 2 is 2.17 bits per heavy atom. The van der Waals surface area contributed by atoms with E-state index >= 15 is 0 Å². The predicted octanol–water partition coefficient (Wildman–Crippen LogP) is 2.88. The second kappa shape index (κ2) is 2.83. The lowest BCUT2D eigenvalue weighted by atomic mass is 10.3. The Balaban J connectivity index is 2.54. The van der Waals surface area contributed by atoms with Crippen molar-refractivity contribution in [2.24, 2.45) is 4.99 Å². The van der Waals surface area contributed by atoms with Crippen LogP contribution in [0, 0.1) is 4.78 Å². The van der Waals surface area contributed by atoms with Crippen LogP contribution < -0.4 is 0 Å². The molecule has 0 bridgehead atoms. The van der Waals surface area contributed by atoms with Gasteiger partial charge in [0.2, 0.25) is 0 Å². The molecule has 0 spiro atoms. The van der Waals surface area contributed by atoms with Crippen LogP contribution in [0.2, 0.25) is 0 Å². The maximum Gasteiger partial charge on any atom is 0.0888 e. The molecular formula is C9H10N2S. The Bertz CT molecular complexity index is 369. The van der Waals surface area contributed by atoms with Crippen LogP contribution in [-0.2, 0) is 10.7 Å². The van der Waals surface area contributed by atoms with Crippen LogP contribution in [0.3, 0.4) is 0 Å². The van der Waals surface area contributed by atoms with Crippen molar-refractivity contribution >= 4 is 21.4 Å². The fraction of sp³-hybridized carbons (Fsp3) is 0.222. The summed E-state index contributed by atoms with van der Waals surface area (Å²) in [6.07, 6.45) is 0.890. The van der Waals surface area contributed by atoms with Crippen LogP contribution in [0.5, 0.6) is 0 Å². The largest absolute Gasteiger partial charge is 0.270 e. The van der Waals surface area contributed by atoms with Crippen LogP contribution >= 0.6 is 0 Å². The number of rotatable bonds is 1. The van der Waals surface area contributed by atoms with E-state index in [1.54, 1.807) is 0 Å². The molecule has 1 aliphatic heterocycles. The Kier molecular flexibility index (Phi) is 1.81. The molecule has 1 aromatic rings. The quantitative estimate of drug-likeness (QED) is 0.686. The highest BCUT2D eigenvalue weighted by Crippen LogP contribution is 2.30. The van der Waals surface area contributed by atoms with Crippen molar-refractivity contribution < 1.29 is 0 Å². The number of hydrogen-bond acceptors (Lipinski definition) is 2. The minimum Gasteiger partial charge on any atom is -0.270 e. The van der Waals surface area contributed by atoms with E-state index in [1.807, 2.05) is 24.3 Å². The molecule has 1 aliphatic rings. The number of hydrogen-bond donors (Lipinski definition) is 1. The average Bonchev–Trinajstić information content (AvgIpc) is 2.44. The molecule has 1 unspecified atom stereocenters. The normalized spacial score (nSPS) is 20.4. The molecule has 0 fully saturated rings. The molecular weight excluding hydrogens is 168 g/mol. The van der Waals surface area contributed by atoms with E-state index in [0.29, 0.717) is 0 Å². The highest BCUT2D eigenvalue weighted by molar-refractivity contribution is 8.02. The lowest BCUT2D eigenvalue weighted by molar-refractivity contribution is 1.30. The third kappa shape index (κ3) is 1.01. The fourth-order valence-corrected chi connectivity index (χ4v) is 2.52. The maximum atomic E-state index is 7.87. The van der Waals surface area contributed by atoms with Gasteiger partial charge in [0.15, 0.2) is 0 Å². The van der Waals surface area contributed by atoms with Crippen molar-refractivity contribution in [3.05, 3.63) is 24.3 Å². The summed E-state index contributed by atoms with van der Waals surface area (Å²) in [4.78, 5) is 5.47. The second-order valence-corrected chi connectivity index (χ2v) is 4.16. The number of fused-ring (bicyclic) bond motifs is 1. The SMILES string of the molecule is CCC1=Nc2ccccc2S1=N. The van der Waals surface area contributed by atoms with Crippen molar-refractivity contribution in [1.29, 1.82) is 4.78 Å². The molecule has 0 saturated carbocycles. The first-order valence-electron chi connectivity index (χ1n) is 3.95. The zero-order valence-corrected chi connectivity index (χ0v) is 7.69. The third-order valence-corrected chi connectivity index (χ3v) is 3.50. The van der Waals surface area contributed by atoms with Gasteiger partial charge in [-0.05, 0) is 29.2 Å². The van der Waals surface area contributed by atoms with E-state index in [1.165, 1.54) is 0 Å². The van der Waals surface area contributed by atoms with Crippen molar-refractivity contribution in [3.8, 4) is 0 Å². The molecule has 1 heterocycles. The Morgan fingerprint density at radius 1 is 1.42 bits per heavy atom. The number of nitrogens with one attached hydrogen (secondary N) is 1. The summed E-state index contributed by atoms with van der Waals surface area (Å²) in [5.41, 5.74) is 0.993. The molecule has 2 rings (SSSR count). The predicted molar refractivity (Wildman–Crippen MR) is 52.2 cm³/mol. The van der Waals surface area contributed by atoms with Crippen molar-refractivity contribution in [3.63, 3.8) is 0 Å². The van der Waals surface area contributed by atoms with Crippen molar-refractivity contribution in [2.45, 2.75) is 18.2 Å². The molecule has 12 heavy (non-hydrogen) atoms. The third-order valence-electron chi connectivity index (χ3n) is 1.87. The van der Waals surface area contributed by atoms with Gasteiger partial charge in [-0.25, -0.2) is 4.99 Å². The van der Waals surface area contributed by atoms with E-state index < -0.39 is 10.7 Å². The highest BCUT2D eigenvalue weighted by atomic mass is 32.2. The summed E-state index contributed by atoms with van der Waals surface area (Å²) in [6.45, 7) is 2.05. The molecule has 0 aromatic heterocycles. The molecule has 0 amide bonds. The number of aliphatic imine (C=N–C) groups is 1. The maximum absolute atomic E-state index is 7.87. The molecule has 1 aromatic carbocycles. The average molecular weight is 178 g/mol. The molecule has 1 N–H and O–H groups in total. The van der Waals surface area contributed by atoms with E-state index in [-0.39, 0.29) is 0 Å². The topological polar surface area (TPSA) is 36.2 Å². The summed E-state index contributed by atoms with van der Waals surface area (Å²) in [7, 11) is -0.486. The first kappa shape index (κ1) is 7.68. The summed E-state index contributed by atoms with van der Waals surface area (Å²) in [6, 6.07) is 7.92. The van der Waals surface area contributed by atoms with E-state index in [2.05, 4.69) is 11.9 Å². The van der Waals surface area contributed by atoms with Gasteiger partial charge >= 0.3 is 0 Å². The lowest BCUT2D eigenvalue weighted by Crippen LogP contribution is -1.98. The van der Waals surface area contributed by atoms with Gasteiger partial charge in [-0.15, -0.1) is 0 Å². The lowest BCUT2D eigenvalue weighted by Gasteiger charge is -1.97. The molecule has 1 atom stereocenters. The summed E-state index contributed by atoms with van der Waals surface area (Å²) in [5.74, 6) is 0. The van der Waals surface area contributed by atoms with Crippen LogP contribution in [0.4, 0.5) is 5.69 Å². The smallest absolute Gasteiger partial charge is 0.0888 e. The second-order valence-electron chi connectivity index (χ2n) is 2.63. The standard InChI is InChI=1S/C9H10N2S/c1-2-9-11-7-5-3-4-6-8(7)12(9)10/h3-6,10H,2H2,1H3. The molecule has 2 nitrogen and oxygen atoms in total. The Labute approximate surface area is 74.2 Å². The summed E-state index contributed by atoms with van der Waals surface area (Å²) < 4.78 is 7.87. The number of para-hydroxylation sites is 1. The summed E-state index contributed by atoms with van der Waals surface area (Å²) in [5, 5.41) is 1.01. The first-order chi connectivity index (χ1) is 5.83. The van der Waals surface area contributed by atoms with Gasteiger partial charge in [-0.2, -0.15) is 0 Å². The van der Waals surface area contributed by atoms with Crippen LogP contribution in [-0.4, -0.2) is 5.04 Å². The van der Waals surface area contributed by atoms with Gasteiger partial charge in [0.05, 0.1) is 10.7 Å². The number of nitrogens with zero attached hydrogens (tertiary/aromatic N) is 1. The first-order valence-corrected chi connectivity index (χ1v) is 5.17.